The number of rotatable bonds is 2. The Bertz CT molecular complexity index is 792. The Labute approximate surface area is 139 Å². The quantitative estimate of drug-likeness (QED) is 0.880. The summed E-state index contributed by atoms with van der Waals surface area (Å²) in [4.78, 5) is 32.4. The van der Waals surface area contributed by atoms with Crippen LogP contribution in [0.25, 0.3) is 0 Å². The number of hydrogen-bond donors (Lipinski definition) is 2. The smallest absolute Gasteiger partial charge is 0.335 e. The molecule has 0 amide bonds. The molecule has 5 nitrogen and oxygen atoms in total. The van der Waals surface area contributed by atoms with Gasteiger partial charge in [0.15, 0.2) is 5.78 Å². The normalized spacial score (nSPS) is 12.6. The van der Waals surface area contributed by atoms with Crippen molar-refractivity contribution in [2.45, 2.75) is 26.2 Å². The highest BCUT2D eigenvalue weighted by molar-refractivity contribution is 5.98. The second kappa shape index (κ2) is 7.55. The predicted octanol–water partition coefficient (Wildman–Crippen LogP) is 3.60. The van der Waals surface area contributed by atoms with Crippen molar-refractivity contribution >= 4 is 17.7 Å². The first-order valence-corrected chi connectivity index (χ1v) is 7.58. The number of carboxylic acid groups (broad SMARTS) is 2. The first-order valence-electron chi connectivity index (χ1n) is 7.58. The molecule has 1 aliphatic carbocycles. The van der Waals surface area contributed by atoms with Crippen LogP contribution < -0.4 is 0 Å². The van der Waals surface area contributed by atoms with Crippen molar-refractivity contribution in [3.05, 3.63) is 70.3 Å². The van der Waals surface area contributed by atoms with Crippen LogP contribution >= 0.6 is 0 Å². The van der Waals surface area contributed by atoms with Gasteiger partial charge in [-0.05, 0) is 43.0 Å². The van der Waals surface area contributed by atoms with Crippen molar-refractivity contribution in [1.82, 2.24) is 0 Å². The van der Waals surface area contributed by atoms with Gasteiger partial charge < -0.3 is 10.2 Å². The zero-order chi connectivity index (χ0) is 17.7. The molecule has 0 saturated carbocycles. The zero-order valence-corrected chi connectivity index (χ0v) is 13.3. The molecule has 2 aromatic rings. The summed E-state index contributed by atoms with van der Waals surface area (Å²) in [5.74, 6) is -1.92. The molecule has 0 atom stereocenters. The molecule has 1 aliphatic rings. The van der Waals surface area contributed by atoms with Crippen molar-refractivity contribution in [3.8, 4) is 0 Å². The summed E-state index contributed by atoms with van der Waals surface area (Å²) < 4.78 is 0. The molecule has 2 aromatic carbocycles. The van der Waals surface area contributed by atoms with Crippen LogP contribution in [0.15, 0.2) is 42.5 Å². The van der Waals surface area contributed by atoms with E-state index in [-0.39, 0.29) is 11.1 Å². The van der Waals surface area contributed by atoms with Crippen molar-refractivity contribution in [3.63, 3.8) is 0 Å². The minimum absolute atomic E-state index is 0.0111. The van der Waals surface area contributed by atoms with E-state index in [2.05, 4.69) is 0 Å². The Morgan fingerprint density at radius 2 is 1.67 bits per heavy atom. The molecule has 0 bridgehead atoms. The summed E-state index contributed by atoms with van der Waals surface area (Å²) in [6, 6.07) is 11.9. The van der Waals surface area contributed by atoms with E-state index in [1.807, 2.05) is 24.3 Å². The maximum Gasteiger partial charge on any atom is 0.335 e. The van der Waals surface area contributed by atoms with Gasteiger partial charge in [-0.1, -0.05) is 30.3 Å². The molecule has 24 heavy (non-hydrogen) atoms. The summed E-state index contributed by atoms with van der Waals surface area (Å²) >= 11 is 0. The van der Waals surface area contributed by atoms with E-state index in [1.165, 1.54) is 17.7 Å². The molecule has 0 spiro atoms. The lowest BCUT2D eigenvalue weighted by Crippen LogP contribution is -2.09. The van der Waals surface area contributed by atoms with E-state index < -0.39 is 11.9 Å². The zero-order valence-electron chi connectivity index (χ0n) is 13.3. The number of fused-ring (bicyclic) bond motifs is 1. The molecule has 0 saturated heterocycles. The number of hydrogen-bond acceptors (Lipinski definition) is 3. The number of carbonyl (C=O) groups excluding carboxylic acids is 1. The lowest BCUT2D eigenvalue weighted by Gasteiger charge is -2.12. The van der Waals surface area contributed by atoms with Gasteiger partial charge in [-0.15, -0.1) is 0 Å². The third-order valence-electron chi connectivity index (χ3n) is 3.88. The van der Waals surface area contributed by atoms with Gasteiger partial charge in [-0.25, -0.2) is 9.59 Å². The maximum absolute atomic E-state index is 11.3. The van der Waals surface area contributed by atoms with Crippen LogP contribution in [0, 0.1) is 6.92 Å². The molecule has 0 radical (unpaired) electrons. The first kappa shape index (κ1) is 17.4. The average molecular weight is 326 g/mol. The Morgan fingerprint density at radius 1 is 0.958 bits per heavy atom. The fourth-order valence-electron chi connectivity index (χ4n) is 2.57. The molecular formula is C19H18O5. The Hall–Kier alpha value is -2.95. The van der Waals surface area contributed by atoms with Gasteiger partial charge in [0, 0.05) is 12.0 Å². The summed E-state index contributed by atoms with van der Waals surface area (Å²) in [6.45, 7) is 1.62. The number of carboxylic acids is 2. The van der Waals surface area contributed by atoms with Gasteiger partial charge in [0.25, 0.3) is 0 Å². The van der Waals surface area contributed by atoms with Crippen LogP contribution in [-0.2, 0) is 6.42 Å². The molecule has 0 fully saturated rings. The first-order chi connectivity index (χ1) is 11.4. The summed E-state index contributed by atoms with van der Waals surface area (Å²) in [6.07, 6.45) is 2.83. The third-order valence-corrected chi connectivity index (χ3v) is 3.88. The van der Waals surface area contributed by atoms with E-state index in [0.29, 0.717) is 11.3 Å². The molecule has 0 aliphatic heterocycles. The van der Waals surface area contributed by atoms with Gasteiger partial charge in [0.05, 0.1) is 11.1 Å². The Balaban J connectivity index is 0.000000175. The van der Waals surface area contributed by atoms with E-state index in [0.717, 1.165) is 30.9 Å². The van der Waals surface area contributed by atoms with E-state index in [1.54, 1.807) is 6.92 Å². The molecular weight excluding hydrogens is 308 g/mol. The van der Waals surface area contributed by atoms with Crippen LogP contribution in [0.3, 0.4) is 0 Å². The van der Waals surface area contributed by atoms with Crippen LogP contribution in [0.5, 0.6) is 0 Å². The molecule has 0 aromatic heterocycles. The van der Waals surface area contributed by atoms with Crippen molar-refractivity contribution in [1.29, 1.82) is 0 Å². The number of benzene rings is 2. The van der Waals surface area contributed by atoms with Gasteiger partial charge in [0.1, 0.15) is 0 Å². The molecule has 2 N–H and O–H groups in total. The van der Waals surface area contributed by atoms with E-state index >= 15 is 0 Å². The molecule has 3 rings (SSSR count). The summed E-state index contributed by atoms with van der Waals surface area (Å²) in [7, 11) is 0. The number of aromatic carboxylic acids is 2. The molecule has 124 valence electrons. The molecule has 0 unspecified atom stereocenters. The van der Waals surface area contributed by atoms with E-state index in [9.17, 15) is 14.4 Å². The topological polar surface area (TPSA) is 91.7 Å². The number of aryl methyl sites for hydroxylation is 2. The standard InChI is InChI=1S/C10H10O.C9H8O4/c11-10-7-3-5-8-4-1-2-6-9(8)10;1-5-2-3-6(8(10)11)4-7(5)9(12)13/h1-2,4,6H,3,5,7H2;2-4H,1H3,(H,10,11)(H,12,13). The molecule has 0 heterocycles. The number of Topliss-reactive ketones (excluding diaryl/α,β-unsaturated/α-hetero) is 1. The minimum Gasteiger partial charge on any atom is -0.478 e. The molecule has 5 heteroatoms. The summed E-state index contributed by atoms with van der Waals surface area (Å²) in [5, 5.41) is 17.3. The van der Waals surface area contributed by atoms with Gasteiger partial charge in [-0.2, -0.15) is 0 Å². The van der Waals surface area contributed by atoms with Crippen LogP contribution in [0.4, 0.5) is 0 Å². The van der Waals surface area contributed by atoms with Crippen molar-refractivity contribution < 1.29 is 24.6 Å². The highest BCUT2D eigenvalue weighted by atomic mass is 16.4. The van der Waals surface area contributed by atoms with E-state index in [4.69, 9.17) is 10.2 Å². The lowest BCUT2D eigenvalue weighted by molar-refractivity contribution is 0.0695. The number of ketones is 1. The number of carbonyl (C=O) groups is 3. The highest BCUT2D eigenvalue weighted by Gasteiger charge is 2.15. The maximum atomic E-state index is 11.3. The SMILES string of the molecule is Cc1ccc(C(=O)O)cc1C(=O)O.O=C1CCCc2ccccc21. The minimum atomic E-state index is -1.12. The summed E-state index contributed by atoms with van der Waals surface area (Å²) in [5.41, 5.74) is 2.74. The fourth-order valence-corrected chi connectivity index (χ4v) is 2.57. The van der Waals surface area contributed by atoms with Crippen molar-refractivity contribution in [2.75, 3.05) is 0 Å². The van der Waals surface area contributed by atoms with Crippen LogP contribution in [0.2, 0.25) is 0 Å². The second-order valence-corrected chi connectivity index (χ2v) is 5.57. The van der Waals surface area contributed by atoms with Gasteiger partial charge in [-0.3, -0.25) is 4.79 Å². The van der Waals surface area contributed by atoms with Gasteiger partial charge in [0.2, 0.25) is 0 Å². The van der Waals surface area contributed by atoms with Crippen molar-refractivity contribution in [2.24, 2.45) is 0 Å². The lowest BCUT2D eigenvalue weighted by atomic mass is 9.91. The Kier molecular flexibility index (Phi) is 5.47. The van der Waals surface area contributed by atoms with Crippen LogP contribution in [-0.4, -0.2) is 27.9 Å². The largest absolute Gasteiger partial charge is 0.478 e. The Morgan fingerprint density at radius 3 is 2.29 bits per heavy atom. The monoisotopic (exact) mass is 326 g/mol. The average Bonchev–Trinajstić information content (AvgIpc) is 2.56. The predicted molar refractivity (Wildman–Crippen MR) is 88.8 cm³/mol. The third kappa shape index (κ3) is 4.07. The highest BCUT2D eigenvalue weighted by Crippen LogP contribution is 2.20. The van der Waals surface area contributed by atoms with Crippen LogP contribution in [0.1, 0.15) is 55.0 Å². The van der Waals surface area contributed by atoms with Gasteiger partial charge >= 0.3 is 11.9 Å². The second-order valence-electron chi connectivity index (χ2n) is 5.57. The fraction of sp³-hybridized carbons (Fsp3) is 0.211.